The number of rotatable bonds is 7. The van der Waals surface area contributed by atoms with Crippen LogP contribution in [0.15, 0.2) is 60.0 Å². The zero-order valence-corrected chi connectivity index (χ0v) is 12.5. The number of nitrogens with zero attached hydrogens (tertiary/aromatic N) is 3. The molecule has 0 aliphatic carbocycles. The first-order chi connectivity index (χ1) is 10.3. The van der Waals surface area contributed by atoms with E-state index in [0.717, 1.165) is 37.2 Å². The minimum absolute atomic E-state index is 0.761. The summed E-state index contributed by atoms with van der Waals surface area (Å²) in [5, 5.41) is 6.32. The summed E-state index contributed by atoms with van der Waals surface area (Å²) in [6.45, 7) is 1.77. The second kappa shape index (κ2) is 8.17. The molecule has 0 aliphatic rings. The van der Waals surface area contributed by atoms with E-state index >= 15 is 0 Å². The summed E-state index contributed by atoms with van der Waals surface area (Å²) in [5.74, 6) is 0. The number of para-hydroxylation sites is 1. The van der Waals surface area contributed by atoms with Crippen LogP contribution in [0.2, 0.25) is 0 Å². The van der Waals surface area contributed by atoms with Crippen LogP contribution in [-0.4, -0.2) is 19.8 Å². The lowest BCUT2D eigenvalue weighted by Crippen LogP contribution is -2.32. The van der Waals surface area contributed by atoms with Crippen LogP contribution in [-0.2, 0) is 6.54 Å². The fraction of sp³-hybridized carbons (Fsp3) is 0.294. The zero-order chi connectivity index (χ0) is 14.9. The number of aryl methyl sites for hydroxylation is 1. The van der Waals surface area contributed by atoms with Crippen LogP contribution in [0.1, 0.15) is 18.4 Å². The summed E-state index contributed by atoms with van der Waals surface area (Å²) in [4.78, 5) is 0. The predicted molar refractivity (Wildman–Crippen MR) is 87.4 cm³/mol. The summed E-state index contributed by atoms with van der Waals surface area (Å²) < 4.78 is 2.17. The van der Waals surface area contributed by atoms with Gasteiger partial charge in [-0.05, 0) is 25.1 Å². The molecule has 1 heterocycles. The molecule has 0 amide bonds. The first kappa shape index (κ1) is 15.2. The molecule has 0 bridgehead atoms. The lowest BCUT2D eigenvalue weighted by atomic mass is 10.2. The number of unbranched alkanes of at least 4 members (excludes halogenated alkanes) is 1. The zero-order valence-electron chi connectivity index (χ0n) is 12.5. The van der Waals surface area contributed by atoms with Crippen LogP contribution in [0.5, 0.6) is 0 Å². The molecule has 1 aromatic carbocycles. The largest absolute Gasteiger partial charge is 0.330 e. The van der Waals surface area contributed by atoms with Gasteiger partial charge in [-0.2, -0.15) is 5.10 Å². The lowest BCUT2D eigenvalue weighted by molar-refractivity contribution is -0.697. The number of benzene rings is 1. The molecular weight excluding hydrogens is 260 g/mol. The normalized spacial score (nSPS) is 11.0. The van der Waals surface area contributed by atoms with Gasteiger partial charge in [0, 0.05) is 31.2 Å². The highest BCUT2D eigenvalue weighted by atomic mass is 15.4. The Labute approximate surface area is 126 Å². The van der Waals surface area contributed by atoms with E-state index in [2.05, 4.69) is 34.2 Å². The third kappa shape index (κ3) is 5.00. The van der Waals surface area contributed by atoms with Gasteiger partial charge in [0.1, 0.15) is 6.54 Å². The lowest BCUT2D eigenvalue weighted by Gasteiger charge is -2.11. The van der Waals surface area contributed by atoms with E-state index in [9.17, 15) is 0 Å². The Morgan fingerprint density at radius 2 is 1.81 bits per heavy atom. The highest BCUT2D eigenvalue weighted by Gasteiger charge is 2.00. The minimum atomic E-state index is 0.761. The topological polar surface area (TPSA) is 45.5 Å². The molecule has 21 heavy (non-hydrogen) atoms. The van der Waals surface area contributed by atoms with E-state index in [1.54, 1.807) is 0 Å². The molecule has 2 N–H and O–H groups in total. The van der Waals surface area contributed by atoms with E-state index in [1.807, 2.05) is 48.6 Å². The molecule has 0 fully saturated rings. The van der Waals surface area contributed by atoms with E-state index in [0.29, 0.717) is 0 Å². The molecule has 0 unspecified atom stereocenters. The van der Waals surface area contributed by atoms with Crippen molar-refractivity contribution in [3.63, 3.8) is 0 Å². The first-order valence-electron chi connectivity index (χ1n) is 7.31. The highest BCUT2D eigenvalue weighted by molar-refractivity contribution is 5.79. The van der Waals surface area contributed by atoms with Crippen molar-refractivity contribution in [2.75, 3.05) is 18.6 Å². The molecule has 0 atom stereocenters. The van der Waals surface area contributed by atoms with E-state index in [4.69, 9.17) is 5.73 Å². The second-order valence-electron chi connectivity index (χ2n) is 4.97. The number of hydrogen-bond donors (Lipinski definition) is 1. The molecule has 1 aromatic heterocycles. The van der Waals surface area contributed by atoms with E-state index in [1.165, 1.54) is 0 Å². The van der Waals surface area contributed by atoms with Gasteiger partial charge in [0.25, 0.3) is 0 Å². The third-order valence-electron chi connectivity index (χ3n) is 3.30. The van der Waals surface area contributed by atoms with Crippen LogP contribution >= 0.6 is 0 Å². The molecule has 4 heteroatoms. The quantitative estimate of drug-likeness (QED) is 0.366. The van der Waals surface area contributed by atoms with Gasteiger partial charge in [-0.15, -0.1) is 0 Å². The van der Waals surface area contributed by atoms with Gasteiger partial charge < -0.3 is 5.73 Å². The van der Waals surface area contributed by atoms with Crippen LogP contribution in [0, 0.1) is 0 Å². The van der Waals surface area contributed by atoms with Gasteiger partial charge in [0.2, 0.25) is 0 Å². The van der Waals surface area contributed by atoms with Crippen LogP contribution < -0.4 is 15.3 Å². The number of hydrazone groups is 1. The van der Waals surface area contributed by atoms with Gasteiger partial charge >= 0.3 is 0 Å². The van der Waals surface area contributed by atoms with Crippen molar-refractivity contribution in [3.8, 4) is 0 Å². The number of hydrogen-bond acceptors (Lipinski definition) is 3. The Hall–Kier alpha value is -2.20. The molecule has 4 nitrogen and oxygen atoms in total. The fourth-order valence-electron chi connectivity index (χ4n) is 2.01. The minimum Gasteiger partial charge on any atom is -0.330 e. The van der Waals surface area contributed by atoms with Crippen molar-refractivity contribution in [1.82, 2.24) is 0 Å². The van der Waals surface area contributed by atoms with Gasteiger partial charge in [-0.1, -0.05) is 18.2 Å². The Morgan fingerprint density at radius 1 is 1.10 bits per heavy atom. The average Bonchev–Trinajstić information content (AvgIpc) is 2.55. The Bertz CT molecular complexity index is 549. The van der Waals surface area contributed by atoms with Crippen LogP contribution in [0.4, 0.5) is 5.69 Å². The highest BCUT2D eigenvalue weighted by Crippen LogP contribution is 2.10. The molecule has 2 rings (SSSR count). The molecule has 2 aromatic rings. The third-order valence-corrected chi connectivity index (χ3v) is 3.30. The monoisotopic (exact) mass is 283 g/mol. The smallest absolute Gasteiger partial charge is 0.169 e. The molecule has 0 spiro atoms. The van der Waals surface area contributed by atoms with Gasteiger partial charge in [-0.3, -0.25) is 5.01 Å². The Balaban J connectivity index is 1.92. The Morgan fingerprint density at radius 3 is 2.48 bits per heavy atom. The summed E-state index contributed by atoms with van der Waals surface area (Å²) in [6, 6.07) is 14.2. The van der Waals surface area contributed by atoms with Gasteiger partial charge in [0.15, 0.2) is 12.4 Å². The number of nitrogens with two attached hydrogens (primary N) is 1. The molecule has 0 radical (unpaired) electrons. The van der Waals surface area contributed by atoms with Crippen molar-refractivity contribution in [1.29, 1.82) is 0 Å². The predicted octanol–water partition coefficient (Wildman–Crippen LogP) is 2.18. The van der Waals surface area contributed by atoms with Crippen molar-refractivity contribution >= 4 is 11.9 Å². The average molecular weight is 283 g/mol. The van der Waals surface area contributed by atoms with Crippen LogP contribution in [0.3, 0.4) is 0 Å². The number of aromatic nitrogens is 1. The maximum Gasteiger partial charge on any atom is 0.169 e. The van der Waals surface area contributed by atoms with Crippen molar-refractivity contribution < 1.29 is 4.57 Å². The number of pyridine rings is 1. The fourth-order valence-corrected chi connectivity index (χ4v) is 2.01. The number of anilines is 1. The maximum absolute atomic E-state index is 5.50. The SMILES string of the molecule is CN(/N=C/c1cc[n+](CCCCN)cc1)c1ccccc1. The second-order valence-corrected chi connectivity index (χ2v) is 4.97. The van der Waals surface area contributed by atoms with E-state index in [-0.39, 0.29) is 0 Å². The summed E-state index contributed by atoms with van der Waals surface area (Å²) in [6.07, 6.45) is 8.22. The van der Waals surface area contributed by atoms with Crippen molar-refractivity contribution in [2.24, 2.45) is 10.8 Å². The maximum atomic E-state index is 5.50. The molecule has 110 valence electrons. The molecular formula is C17H23N4+. The molecule has 0 saturated carbocycles. The first-order valence-corrected chi connectivity index (χ1v) is 7.31. The van der Waals surface area contributed by atoms with Crippen molar-refractivity contribution in [2.45, 2.75) is 19.4 Å². The van der Waals surface area contributed by atoms with E-state index < -0.39 is 0 Å². The Kier molecular flexibility index (Phi) is 5.91. The molecule has 0 aliphatic heterocycles. The van der Waals surface area contributed by atoms with Gasteiger partial charge in [-0.25, -0.2) is 4.57 Å². The molecule has 0 saturated heterocycles. The van der Waals surface area contributed by atoms with Crippen molar-refractivity contribution in [3.05, 3.63) is 60.4 Å². The summed E-state index contributed by atoms with van der Waals surface area (Å²) in [5.41, 5.74) is 7.66. The van der Waals surface area contributed by atoms with Gasteiger partial charge in [0.05, 0.1) is 11.9 Å². The standard InChI is InChI=1S/C17H23N4/c1-20(17-7-3-2-4-8-17)19-15-16-9-13-21(14-10-16)12-6-5-11-18/h2-4,7-10,13-15H,5-6,11-12,18H2,1H3/q+1. The van der Waals surface area contributed by atoms with Crippen LogP contribution in [0.25, 0.3) is 0 Å². The summed E-state index contributed by atoms with van der Waals surface area (Å²) in [7, 11) is 1.95. The summed E-state index contributed by atoms with van der Waals surface area (Å²) >= 11 is 0.